The van der Waals surface area contributed by atoms with Crippen LogP contribution in [-0.4, -0.2) is 43.3 Å². The molecule has 0 aliphatic heterocycles. The van der Waals surface area contributed by atoms with Gasteiger partial charge in [-0.2, -0.15) is 0 Å². The summed E-state index contributed by atoms with van der Waals surface area (Å²) in [4.78, 5) is 0. The summed E-state index contributed by atoms with van der Waals surface area (Å²) in [6.07, 6.45) is 2.13. The van der Waals surface area contributed by atoms with E-state index in [9.17, 15) is 0 Å². The first-order valence-corrected chi connectivity index (χ1v) is 4.78. The molecule has 0 rings (SSSR count). The van der Waals surface area contributed by atoms with Gasteiger partial charge in [-0.1, -0.05) is 0 Å². The Morgan fingerprint density at radius 2 is 2.00 bits per heavy atom. The highest BCUT2D eigenvalue weighted by molar-refractivity contribution is 5.47. The summed E-state index contributed by atoms with van der Waals surface area (Å²) in [7, 11) is 1.69. The zero-order valence-corrected chi connectivity index (χ0v) is 9.55. The van der Waals surface area contributed by atoms with Crippen molar-refractivity contribution >= 4 is 6.21 Å². The largest absolute Gasteiger partial charge is 0.370 e. The second-order valence-corrected chi connectivity index (χ2v) is 4.06. The van der Waals surface area contributed by atoms with E-state index in [1.807, 2.05) is 0 Å². The van der Waals surface area contributed by atoms with E-state index in [0.29, 0.717) is 6.73 Å². The smallest absolute Gasteiger partial charge is 0.155 e. The topological polar surface area (TPSA) is 24.3 Å². The number of rotatable bonds is 5. The zero-order valence-electron chi connectivity index (χ0n) is 9.55. The van der Waals surface area contributed by atoms with E-state index in [0.717, 1.165) is 13.1 Å². The van der Waals surface area contributed by atoms with Gasteiger partial charge in [0.2, 0.25) is 0 Å². The van der Waals surface area contributed by atoms with Crippen molar-refractivity contribution in [2.75, 3.05) is 26.9 Å². The maximum atomic E-state index is 4.90. The summed E-state index contributed by atoms with van der Waals surface area (Å²) in [6.45, 7) is 11.3. The van der Waals surface area contributed by atoms with Gasteiger partial charge in [0, 0.05) is 14.0 Å². The number of nitrogens with one attached hydrogen (secondary N) is 1. The fourth-order valence-corrected chi connectivity index (χ4v) is 1.23. The Hall–Kier alpha value is -0.410. The first-order valence-electron chi connectivity index (χ1n) is 4.78. The van der Waals surface area contributed by atoms with Crippen molar-refractivity contribution < 1.29 is 9.31 Å². The second kappa shape index (κ2) is 6.11. The van der Waals surface area contributed by atoms with Gasteiger partial charge >= 0.3 is 0 Å². The third kappa shape index (κ3) is 5.77. The van der Waals surface area contributed by atoms with Crippen LogP contribution >= 0.6 is 0 Å². The van der Waals surface area contributed by atoms with Gasteiger partial charge in [0.1, 0.15) is 6.21 Å². The van der Waals surface area contributed by atoms with Gasteiger partial charge in [-0.15, -0.1) is 0 Å². The van der Waals surface area contributed by atoms with Gasteiger partial charge in [0.05, 0.1) is 13.3 Å². The second-order valence-electron chi connectivity index (χ2n) is 4.06. The molecule has 3 heteroatoms. The Bertz CT molecular complexity index is 159. The minimum atomic E-state index is 0.212. The lowest BCUT2D eigenvalue weighted by molar-refractivity contribution is -0.591. The number of ether oxygens (including phenoxy) is 1. The van der Waals surface area contributed by atoms with Gasteiger partial charge in [-0.3, -0.25) is 5.32 Å². The standard InChI is InChI=1S/C10H23N2O/c1-6-12(10(2,3)4)8-7-11-9-13-5/h6,11H,7-9H2,1-5H3/q+1. The van der Waals surface area contributed by atoms with Crippen molar-refractivity contribution in [2.24, 2.45) is 0 Å². The van der Waals surface area contributed by atoms with E-state index in [4.69, 9.17) is 4.74 Å². The highest BCUT2D eigenvalue weighted by Gasteiger charge is 2.21. The van der Waals surface area contributed by atoms with E-state index in [2.05, 4.69) is 43.8 Å². The summed E-state index contributed by atoms with van der Waals surface area (Å²) in [5, 5.41) is 3.19. The molecule has 0 aromatic carbocycles. The van der Waals surface area contributed by atoms with Crippen LogP contribution < -0.4 is 5.32 Å². The third-order valence-corrected chi connectivity index (χ3v) is 1.95. The highest BCUT2D eigenvalue weighted by Crippen LogP contribution is 2.05. The molecule has 0 amide bonds. The van der Waals surface area contributed by atoms with Crippen LogP contribution in [0.5, 0.6) is 0 Å². The molecule has 0 atom stereocenters. The van der Waals surface area contributed by atoms with Crippen molar-refractivity contribution in [3.63, 3.8) is 0 Å². The number of hydrogen-bond donors (Lipinski definition) is 1. The molecule has 0 saturated heterocycles. The number of methoxy groups -OCH3 is 1. The summed E-state index contributed by atoms with van der Waals surface area (Å²) >= 11 is 0. The van der Waals surface area contributed by atoms with Crippen LogP contribution in [0.15, 0.2) is 0 Å². The fourth-order valence-electron chi connectivity index (χ4n) is 1.23. The predicted molar refractivity (Wildman–Crippen MR) is 56.5 cm³/mol. The average molecular weight is 187 g/mol. The highest BCUT2D eigenvalue weighted by atomic mass is 16.5. The lowest BCUT2D eigenvalue weighted by Gasteiger charge is -2.17. The first kappa shape index (κ1) is 12.6. The van der Waals surface area contributed by atoms with Gasteiger partial charge in [0.25, 0.3) is 0 Å². The van der Waals surface area contributed by atoms with E-state index in [1.54, 1.807) is 7.11 Å². The normalized spacial score (nSPS) is 13.5. The minimum absolute atomic E-state index is 0.212. The number of hydrogen-bond acceptors (Lipinski definition) is 2. The Balaban J connectivity index is 3.76. The van der Waals surface area contributed by atoms with Crippen molar-refractivity contribution in [3.8, 4) is 0 Å². The van der Waals surface area contributed by atoms with Crippen LogP contribution in [0.1, 0.15) is 27.7 Å². The average Bonchev–Trinajstić information content (AvgIpc) is 2.02. The van der Waals surface area contributed by atoms with Gasteiger partial charge in [-0.05, 0) is 20.8 Å². The Kier molecular flexibility index (Phi) is 5.91. The Morgan fingerprint density at radius 3 is 2.38 bits per heavy atom. The SMILES string of the molecule is CC=[N+](CCNCOC)C(C)(C)C. The Labute approximate surface area is 81.8 Å². The predicted octanol–water partition coefficient (Wildman–Crippen LogP) is 1.08. The van der Waals surface area contributed by atoms with Gasteiger partial charge < -0.3 is 4.74 Å². The van der Waals surface area contributed by atoms with Crippen LogP contribution in [0.4, 0.5) is 0 Å². The molecular weight excluding hydrogens is 164 g/mol. The molecule has 0 heterocycles. The van der Waals surface area contributed by atoms with Crippen LogP contribution in [0.3, 0.4) is 0 Å². The van der Waals surface area contributed by atoms with E-state index >= 15 is 0 Å². The molecule has 0 spiro atoms. The maximum absolute atomic E-state index is 4.90. The van der Waals surface area contributed by atoms with Crippen LogP contribution in [-0.2, 0) is 4.74 Å². The van der Waals surface area contributed by atoms with Crippen LogP contribution in [0.2, 0.25) is 0 Å². The molecule has 0 saturated carbocycles. The van der Waals surface area contributed by atoms with Gasteiger partial charge in [-0.25, -0.2) is 4.58 Å². The molecule has 13 heavy (non-hydrogen) atoms. The quantitative estimate of drug-likeness (QED) is 0.301. The summed E-state index contributed by atoms with van der Waals surface area (Å²) in [5.41, 5.74) is 0.212. The first-order chi connectivity index (χ1) is 6.02. The molecule has 0 fully saturated rings. The van der Waals surface area contributed by atoms with Crippen molar-refractivity contribution in [1.29, 1.82) is 0 Å². The molecule has 0 aliphatic carbocycles. The van der Waals surface area contributed by atoms with E-state index in [-0.39, 0.29) is 5.54 Å². The molecule has 0 unspecified atom stereocenters. The van der Waals surface area contributed by atoms with Crippen LogP contribution in [0, 0.1) is 0 Å². The molecule has 0 bridgehead atoms. The Morgan fingerprint density at radius 1 is 1.38 bits per heavy atom. The molecule has 0 aromatic heterocycles. The summed E-state index contributed by atoms with van der Waals surface area (Å²) in [5.74, 6) is 0. The van der Waals surface area contributed by atoms with E-state index in [1.165, 1.54) is 0 Å². The minimum Gasteiger partial charge on any atom is -0.370 e. The molecule has 1 N–H and O–H groups in total. The zero-order chi connectivity index (χ0) is 10.3. The molecule has 0 aliphatic rings. The third-order valence-electron chi connectivity index (χ3n) is 1.95. The van der Waals surface area contributed by atoms with Gasteiger partial charge in [0.15, 0.2) is 12.1 Å². The summed E-state index contributed by atoms with van der Waals surface area (Å²) < 4.78 is 7.22. The van der Waals surface area contributed by atoms with Crippen molar-refractivity contribution in [3.05, 3.63) is 0 Å². The monoisotopic (exact) mass is 187 g/mol. The maximum Gasteiger partial charge on any atom is 0.155 e. The van der Waals surface area contributed by atoms with Crippen molar-refractivity contribution in [1.82, 2.24) is 5.32 Å². The lowest BCUT2D eigenvalue weighted by atomic mass is 10.1. The lowest BCUT2D eigenvalue weighted by Crippen LogP contribution is -2.38. The number of nitrogens with zero attached hydrogens (tertiary/aromatic N) is 1. The fraction of sp³-hybridized carbons (Fsp3) is 0.900. The molecule has 0 aromatic rings. The van der Waals surface area contributed by atoms with Crippen LogP contribution in [0.25, 0.3) is 0 Å². The molecule has 3 nitrogen and oxygen atoms in total. The summed E-state index contributed by atoms with van der Waals surface area (Å²) in [6, 6.07) is 0. The molecule has 78 valence electrons. The van der Waals surface area contributed by atoms with Crippen molar-refractivity contribution in [2.45, 2.75) is 33.2 Å². The van der Waals surface area contributed by atoms with E-state index < -0.39 is 0 Å². The molecular formula is C10H23N2O+. The molecule has 0 radical (unpaired) electrons.